The molecule has 1 saturated carbocycles. The van der Waals surface area contributed by atoms with Crippen LogP contribution < -0.4 is 25.0 Å². The first-order valence-corrected chi connectivity index (χ1v) is 15.8. The number of methoxy groups -OCH3 is 2. The molecule has 1 fully saturated rings. The van der Waals surface area contributed by atoms with E-state index in [4.69, 9.17) is 14.5 Å². The number of nitrogens with zero attached hydrogens (tertiary/aromatic N) is 2. The van der Waals surface area contributed by atoms with Gasteiger partial charge in [0.2, 0.25) is 0 Å². The van der Waals surface area contributed by atoms with Crippen molar-refractivity contribution < 1.29 is 9.47 Å². The lowest BCUT2D eigenvalue weighted by Crippen LogP contribution is -2.29. The van der Waals surface area contributed by atoms with E-state index in [9.17, 15) is 0 Å². The molecule has 4 nitrogen and oxygen atoms in total. The molecule has 1 aromatic heterocycles. The van der Waals surface area contributed by atoms with Gasteiger partial charge in [0.15, 0.2) is 0 Å². The van der Waals surface area contributed by atoms with Crippen LogP contribution in [0, 0.1) is 39.5 Å². The molecule has 0 N–H and O–H groups in total. The van der Waals surface area contributed by atoms with Crippen molar-refractivity contribution in [3.05, 3.63) is 70.5 Å². The van der Waals surface area contributed by atoms with Crippen molar-refractivity contribution in [2.45, 2.75) is 72.4 Å². The summed E-state index contributed by atoms with van der Waals surface area (Å²) >= 11 is 0. The second kappa shape index (κ2) is 12.7. The van der Waals surface area contributed by atoms with Gasteiger partial charge in [-0.15, -0.1) is 0 Å². The van der Waals surface area contributed by atoms with Crippen LogP contribution in [0.15, 0.2) is 42.6 Å². The summed E-state index contributed by atoms with van der Waals surface area (Å²) in [6.45, 7) is 11.3. The summed E-state index contributed by atoms with van der Waals surface area (Å²) < 4.78 is 11.5. The minimum atomic E-state index is -0.536. The number of aryl methyl sites for hydroxylation is 5. The average molecular weight is 547 g/mol. The second-order valence-electron chi connectivity index (χ2n) is 11.7. The number of ether oxygens (including phenoxy) is 2. The fourth-order valence-corrected chi connectivity index (χ4v) is 10.4. The van der Waals surface area contributed by atoms with Gasteiger partial charge in [-0.25, -0.2) is 0 Å². The molecule has 0 aliphatic heterocycles. The maximum absolute atomic E-state index is 5.75. The molecule has 0 spiro atoms. The fraction of sp³-hybridized carbons (Fsp3) is 0.500. The molecular formula is C34H47N2O2P. The number of benzene rings is 2. The number of hydrogen-bond acceptors (Lipinski definition) is 4. The maximum Gasteiger partial charge on any atom is 0.124 e. The van der Waals surface area contributed by atoms with E-state index in [0.717, 1.165) is 17.9 Å². The third-order valence-corrected chi connectivity index (χ3v) is 11.6. The fourth-order valence-electron chi connectivity index (χ4n) is 6.73. The number of aromatic nitrogens is 1. The van der Waals surface area contributed by atoms with Crippen LogP contribution in [0.3, 0.4) is 0 Å². The van der Waals surface area contributed by atoms with Crippen molar-refractivity contribution in [3.8, 4) is 11.5 Å². The molecule has 5 heteroatoms. The first-order chi connectivity index (χ1) is 18.6. The van der Waals surface area contributed by atoms with Crippen LogP contribution in [0.25, 0.3) is 0 Å². The smallest absolute Gasteiger partial charge is 0.124 e. The second-order valence-corrected chi connectivity index (χ2v) is 14.1. The van der Waals surface area contributed by atoms with Crippen molar-refractivity contribution in [3.63, 3.8) is 0 Å². The molecule has 0 saturated heterocycles. The molecule has 2 unspecified atom stereocenters. The number of anilines is 1. The van der Waals surface area contributed by atoms with Gasteiger partial charge in [0.05, 0.1) is 14.2 Å². The summed E-state index contributed by atoms with van der Waals surface area (Å²) in [4.78, 5) is 6.85. The van der Waals surface area contributed by atoms with Crippen LogP contribution in [0.4, 0.5) is 5.69 Å². The molecule has 0 bridgehead atoms. The Bertz CT molecular complexity index is 1180. The lowest BCUT2D eigenvalue weighted by Gasteiger charge is -2.34. The van der Waals surface area contributed by atoms with Crippen LogP contribution in [0.5, 0.6) is 11.5 Å². The SMILES string of the molecule is COc1c(C)cc(P(c2cc(C)c(OC)c(C)c2)C2CCCC2[C@@H](C)CCc2cc(N(C)C)ccn2)cc1C. The van der Waals surface area contributed by atoms with Gasteiger partial charge in [0.1, 0.15) is 11.5 Å². The predicted octanol–water partition coefficient (Wildman–Crippen LogP) is 7.27. The Labute approximate surface area is 237 Å². The normalized spacial score (nSPS) is 17.9. The molecule has 3 atom stereocenters. The average Bonchev–Trinajstić information content (AvgIpc) is 3.37. The molecule has 1 heterocycles. The molecule has 3 aromatic rings. The Morgan fingerprint density at radius 2 is 1.41 bits per heavy atom. The Hall–Kier alpha value is -2.58. The zero-order chi connectivity index (χ0) is 28.3. The van der Waals surface area contributed by atoms with E-state index in [1.54, 1.807) is 14.2 Å². The number of rotatable bonds is 10. The Balaban J connectivity index is 1.68. The number of pyridine rings is 1. The van der Waals surface area contributed by atoms with Gasteiger partial charge in [-0.1, -0.05) is 13.3 Å². The van der Waals surface area contributed by atoms with Gasteiger partial charge in [0, 0.05) is 31.7 Å². The van der Waals surface area contributed by atoms with Gasteiger partial charge in [-0.05, 0) is 148 Å². The van der Waals surface area contributed by atoms with Crippen molar-refractivity contribution in [2.24, 2.45) is 11.8 Å². The van der Waals surface area contributed by atoms with Gasteiger partial charge in [0.25, 0.3) is 0 Å². The highest BCUT2D eigenvalue weighted by molar-refractivity contribution is 7.73. The Morgan fingerprint density at radius 3 is 1.90 bits per heavy atom. The monoisotopic (exact) mass is 546 g/mol. The highest BCUT2D eigenvalue weighted by Gasteiger charge is 2.38. The van der Waals surface area contributed by atoms with Crippen molar-refractivity contribution in [2.75, 3.05) is 33.2 Å². The minimum absolute atomic E-state index is 0.536. The van der Waals surface area contributed by atoms with Crippen LogP contribution >= 0.6 is 7.92 Å². The predicted molar refractivity (Wildman–Crippen MR) is 168 cm³/mol. The molecule has 1 aliphatic rings. The maximum atomic E-state index is 5.75. The van der Waals surface area contributed by atoms with Crippen LogP contribution in [-0.4, -0.2) is 39.0 Å². The van der Waals surface area contributed by atoms with E-state index < -0.39 is 7.92 Å². The highest BCUT2D eigenvalue weighted by atomic mass is 31.1. The molecule has 39 heavy (non-hydrogen) atoms. The molecule has 1 aliphatic carbocycles. The molecule has 0 radical (unpaired) electrons. The Morgan fingerprint density at radius 1 is 0.872 bits per heavy atom. The molecule has 210 valence electrons. The third-order valence-electron chi connectivity index (χ3n) is 8.62. The van der Waals surface area contributed by atoms with E-state index in [2.05, 4.69) is 90.0 Å². The van der Waals surface area contributed by atoms with E-state index in [0.29, 0.717) is 17.5 Å². The van der Waals surface area contributed by atoms with Gasteiger partial charge in [-0.2, -0.15) is 0 Å². The molecule has 0 amide bonds. The summed E-state index contributed by atoms with van der Waals surface area (Å²) in [5.41, 5.74) is 8.02. The van der Waals surface area contributed by atoms with E-state index in [-0.39, 0.29) is 0 Å². The quantitative estimate of drug-likeness (QED) is 0.251. The standard InChI is InChI=1S/C34H47N2O2P/c1-22(13-14-27-21-28(36(6)7)15-16-35-27)31-11-10-12-32(31)39(29-17-23(2)33(37-8)24(3)18-29)30-19-25(4)34(38-9)26(5)20-30/h15-22,31-32H,10-14H2,1-9H3/t22-,31?,32?/m0/s1. The largest absolute Gasteiger partial charge is 0.496 e. The van der Waals surface area contributed by atoms with Crippen molar-refractivity contribution in [1.29, 1.82) is 0 Å². The summed E-state index contributed by atoms with van der Waals surface area (Å²) in [5, 5.41) is 2.96. The van der Waals surface area contributed by atoms with Crippen LogP contribution in [0.1, 0.15) is 60.6 Å². The third kappa shape index (κ3) is 6.43. The topological polar surface area (TPSA) is 34.6 Å². The van der Waals surface area contributed by atoms with Crippen LogP contribution in [-0.2, 0) is 6.42 Å². The van der Waals surface area contributed by atoms with Gasteiger partial charge >= 0.3 is 0 Å². The highest BCUT2D eigenvalue weighted by Crippen LogP contribution is 2.53. The first-order valence-electron chi connectivity index (χ1n) is 14.4. The molecular weight excluding hydrogens is 499 g/mol. The van der Waals surface area contributed by atoms with Crippen molar-refractivity contribution in [1.82, 2.24) is 4.98 Å². The zero-order valence-corrected chi connectivity index (χ0v) is 26.4. The molecule has 2 aromatic carbocycles. The summed E-state index contributed by atoms with van der Waals surface area (Å²) in [6, 6.07) is 14.0. The van der Waals surface area contributed by atoms with Crippen molar-refractivity contribution >= 4 is 24.2 Å². The van der Waals surface area contributed by atoms with E-state index >= 15 is 0 Å². The van der Waals surface area contributed by atoms with E-state index in [1.807, 2.05) is 6.20 Å². The summed E-state index contributed by atoms with van der Waals surface area (Å²) in [7, 11) is 7.22. The van der Waals surface area contributed by atoms with E-state index in [1.165, 1.54) is 69.9 Å². The lowest BCUT2D eigenvalue weighted by atomic mass is 9.88. The summed E-state index contributed by atoms with van der Waals surface area (Å²) in [6.07, 6.45) is 8.09. The van der Waals surface area contributed by atoms with Crippen LogP contribution in [0.2, 0.25) is 0 Å². The lowest BCUT2D eigenvalue weighted by molar-refractivity contribution is 0.350. The number of hydrogen-bond donors (Lipinski definition) is 0. The van der Waals surface area contributed by atoms with Gasteiger partial charge in [-0.3, -0.25) is 4.98 Å². The Kier molecular flexibility index (Phi) is 9.60. The summed E-state index contributed by atoms with van der Waals surface area (Å²) in [5.74, 6) is 3.38. The zero-order valence-electron chi connectivity index (χ0n) is 25.5. The molecule has 4 rings (SSSR count). The first kappa shape index (κ1) is 29.4. The van der Waals surface area contributed by atoms with Gasteiger partial charge < -0.3 is 14.4 Å². The minimum Gasteiger partial charge on any atom is -0.496 e.